The molecule has 1 aromatic carbocycles. The van der Waals surface area contributed by atoms with Crippen LogP contribution in [-0.2, 0) is 18.4 Å². The first-order valence-corrected chi connectivity index (χ1v) is 7.08. The largest absolute Gasteiger partial charge is 0.321 e. The lowest BCUT2D eigenvalue weighted by atomic mass is 9.89. The summed E-state index contributed by atoms with van der Waals surface area (Å²) in [6.45, 7) is 0. The molecular weight excluding hydrogens is 269 g/mol. The van der Waals surface area contributed by atoms with Crippen LogP contribution in [0.5, 0.6) is 0 Å². The highest BCUT2D eigenvalue weighted by molar-refractivity contribution is 7.16. The Kier molecular flexibility index (Phi) is 2.93. The Morgan fingerprint density at radius 3 is 2.89 bits per heavy atom. The third kappa shape index (κ3) is 2.07. The predicted octanol–water partition coefficient (Wildman–Crippen LogP) is 3.88. The van der Waals surface area contributed by atoms with E-state index in [2.05, 4.69) is 0 Å². The molecule has 4 heteroatoms. The number of rotatable bonds is 2. The Bertz CT molecular complexity index is 595. The van der Waals surface area contributed by atoms with Crippen LogP contribution in [0.4, 0.5) is 4.39 Å². The summed E-state index contributed by atoms with van der Waals surface area (Å²) in [5, 5.41) is 0. The van der Waals surface area contributed by atoms with Gasteiger partial charge in [0.05, 0.1) is 4.34 Å². The Balaban J connectivity index is 1.94. The number of thiophene rings is 1. The minimum Gasteiger partial charge on any atom is -0.321 e. The van der Waals surface area contributed by atoms with Crippen molar-refractivity contribution in [3.8, 4) is 0 Å². The van der Waals surface area contributed by atoms with Crippen LogP contribution < -0.4 is 5.73 Å². The van der Waals surface area contributed by atoms with E-state index in [1.54, 1.807) is 17.4 Å². The van der Waals surface area contributed by atoms with E-state index in [1.807, 2.05) is 18.2 Å². The lowest BCUT2D eigenvalue weighted by Crippen LogP contribution is -2.36. The van der Waals surface area contributed by atoms with Crippen LogP contribution in [0, 0.1) is 5.82 Å². The number of benzene rings is 1. The second-order valence-corrected chi connectivity index (χ2v) is 6.64. The van der Waals surface area contributed by atoms with E-state index in [4.69, 9.17) is 17.3 Å². The quantitative estimate of drug-likeness (QED) is 0.888. The zero-order valence-electron chi connectivity index (χ0n) is 9.75. The molecule has 1 unspecified atom stereocenters. The topological polar surface area (TPSA) is 26.0 Å². The summed E-state index contributed by atoms with van der Waals surface area (Å²) in [6.07, 6.45) is 2.48. The fourth-order valence-electron chi connectivity index (χ4n) is 2.69. The molecule has 0 fully saturated rings. The first kappa shape index (κ1) is 12.2. The zero-order valence-corrected chi connectivity index (χ0v) is 11.3. The normalized spacial score (nSPS) is 22.2. The summed E-state index contributed by atoms with van der Waals surface area (Å²) < 4.78 is 14.0. The van der Waals surface area contributed by atoms with Crippen molar-refractivity contribution in [3.05, 3.63) is 56.5 Å². The third-order valence-electron chi connectivity index (χ3n) is 3.56. The summed E-state index contributed by atoms with van der Waals surface area (Å²) in [5.41, 5.74) is 8.24. The second kappa shape index (κ2) is 4.34. The Labute approximate surface area is 114 Å². The Morgan fingerprint density at radius 1 is 1.33 bits per heavy atom. The van der Waals surface area contributed by atoms with Gasteiger partial charge in [-0.15, -0.1) is 11.3 Å². The van der Waals surface area contributed by atoms with E-state index in [0.717, 1.165) is 34.7 Å². The van der Waals surface area contributed by atoms with E-state index < -0.39 is 0 Å². The van der Waals surface area contributed by atoms with Crippen LogP contribution in [0.15, 0.2) is 30.3 Å². The second-order valence-electron chi connectivity index (χ2n) is 4.84. The molecule has 18 heavy (non-hydrogen) atoms. The molecule has 1 nitrogen and oxygen atoms in total. The number of hydrogen-bond donors (Lipinski definition) is 1. The highest BCUT2D eigenvalue weighted by Crippen LogP contribution is 2.39. The number of halogens is 2. The molecule has 0 saturated carbocycles. The van der Waals surface area contributed by atoms with Crippen LogP contribution in [0.3, 0.4) is 0 Å². The van der Waals surface area contributed by atoms with Crippen molar-refractivity contribution in [3.63, 3.8) is 0 Å². The molecule has 0 bridgehead atoms. The molecule has 0 amide bonds. The van der Waals surface area contributed by atoms with Gasteiger partial charge in [0.25, 0.3) is 0 Å². The molecule has 1 aromatic heterocycles. The van der Waals surface area contributed by atoms with Gasteiger partial charge >= 0.3 is 0 Å². The SMILES string of the molecule is NC1(Cc2ccc(Cl)s2)CCc2cc(F)ccc21. The first-order chi connectivity index (χ1) is 8.57. The lowest BCUT2D eigenvalue weighted by Gasteiger charge is -2.24. The molecule has 0 saturated heterocycles. The minimum absolute atomic E-state index is 0.183. The molecule has 94 valence electrons. The van der Waals surface area contributed by atoms with Crippen molar-refractivity contribution in [1.82, 2.24) is 0 Å². The molecular formula is C14H13ClFNS. The number of hydrogen-bond acceptors (Lipinski definition) is 2. The van der Waals surface area contributed by atoms with E-state index in [1.165, 1.54) is 10.9 Å². The van der Waals surface area contributed by atoms with Crippen molar-refractivity contribution < 1.29 is 4.39 Å². The number of aryl methyl sites for hydroxylation is 1. The van der Waals surface area contributed by atoms with Gasteiger partial charge in [-0.05, 0) is 48.2 Å². The van der Waals surface area contributed by atoms with E-state index >= 15 is 0 Å². The summed E-state index contributed by atoms with van der Waals surface area (Å²) in [5.74, 6) is -0.183. The zero-order chi connectivity index (χ0) is 12.8. The molecule has 1 atom stereocenters. The van der Waals surface area contributed by atoms with Crippen LogP contribution in [-0.4, -0.2) is 0 Å². The molecule has 0 radical (unpaired) electrons. The van der Waals surface area contributed by atoms with E-state index in [9.17, 15) is 4.39 Å². The highest BCUT2D eigenvalue weighted by Gasteiger charge is 2.35. The van der Waals surface area contributed by atoms with Crippen molar-refractivity contribution in [1.29, 1.82) is 0 Å². The molecule has 3 rings (SSSR count). The maximum Gasteiger partial charge on any atom is 0.123 e. The summed E-state index contributed by atoms with van der Waals surface area (Å²) >= 11 is 7.50. The lowest BCUT2D eigenvalue weighted by molar-refractivity contribution is 0.442. The smallest absolute Gasteiger partial charge is 0.123 e. The molecule has 1 aliphatic carbocycles. The predicted molar refractivity (Wildman–Crippen MR) is 73.6 cm³/mol. The maximum absolute atomic E-state index is 13.2. The molecule has 1 aliphatic rings. The minimum atomic E-state index is -0.378. The van der Waals surface area contributed by atoms with Gasteiger partial charge in [-0.3, -0.25) is 0 Å². The average molecular weight is 282 g/mol. The molecule has 1 heterocycles. The number of nitrogens with two attached hydrogens (primary N) is 1. The standard InChI is InChI=1S/C14H13ClFNS/c15-13-4-2-11(18-13)8-14(17)6-5-9-7-10(16)1-3-12(9)14/h1-4,7H,5-6,8,17H2. The van der Waals surface area contributed by atoms with Crippen molar-refractivity contribution in [2.24, 2.45) is 5.73 Å². The fraction of sp³-hybridized carbons (Fsp3) is 0.286. The van der Waals surface area contributed by atoms with Crippen molar-refractivity contribution >= 4 is 22.9 Å². The van der Waals surface area contributed by atoms with Crippen LogP contribution in [0.2, 0.25) is 4.34 Å². The highest BCUT2D eigenvalue weighted by atomic mass is 35.5. The summed E-state index contributed by atoms with van der Waals surface area (Å²) in [4.78, 5) is 1.18. The van der Waals surface area contributed by atoms with E-state index in [-0.39, 0.29) is 11.4 Å². The monoisotopic (exact) mass is 281 g/mol. The maximum atomic E-state index is 13.2. The molecule has 2 N–H and O–H groups in total. The van der Waals surface area contributed by atoms with Gasteiger partial charge in [-0.1, -0.05) is 17.7 Å². The fourth-order valence-corrected chi connectivity index (χ4v) is 3.90. The van der Waals surface area contributed by atoms with Gasteiger partial charge in [0.15, 0.2) is 0 Å². The molecule has 0 aliphatic heterocycles. The Morgan fingerprint density at radius 2 is 2.17 bits per heavy atom. The summed E-state index contributed by atoms with van der Waals surface area (Å²) in [7, 11) is 0. The van der Waals surface area contributed by atoms with Crippen molar-refractivity contribution in [2.75, 3.05) is 0 Å². The van der Waals surface area contributed by atoms with Gasteiger partial charge in [0.2, 0.25) is 0 Å². The average Bonchev–Trinajstić information content (AvgIpc) is 2.84. The van der Waals surface area contributed by atoms with Crippen molar-refractivity contribution in [2.45, 2.75) is 24.8 Å². The molecule has 2 aromatic rings. The van der Waals surface area contributed by atoms with E-state index in [0.29, 0.717) is 0 Å². The van der Waals surface area contributed by atoms with Crippen LogP contribution >= 0.6 is 22.9 Å². The van der Waals surface area contributed by atoms with Gasteiger partial charge in [-0.25, -0.2) is 4.39 Å². The first-order valence-electron chi connectivity index (χ1n) is 5.89. The third-order valence-corrected chi connectivity index (χ3v) is 4.79. The Hall–Kier alpha value is -0.900. The number of fused-ring (bicyclic) bond motifs is 1. The van der Waals surface area contributed by atoms with Gasteiger partial charge in [0.1, 0.15) is 5.82 Å². The summed E-state index contributed by atoms with van der Waals surface area (Å²) in [6, 6.07) is 8.83. The van der Waals surface area contributed by atoms with Crippen LogP contribution in [0.25, 0.3) is 0 Å². The van der Waals surface area contributed by atoms with Gasteiger partial charge in [-0.2, -0.15) is 0 Å². The van der Waals surface area contributed by atoms with Gasteiger partial charge < -0.3 is 5.73 Å². The van der Waals surface area contributed by atoms with Crippen LogP contribution in [0.1, 0.15) is 22.4 Å². The van der Waals surface area contributed by atoms with Gasteiger partial charge in [0, 0.05) is 16.8 Å². The molecule has 0 spiro atoms.